The summed E-state index contributed by atoms with van der Waals surface area (Å²) in [5.74, 6) is 0.699. The van der Waals surface area contributed by atoms with Gasteiger partial charge in [-0.15, -0.1) is 0 Å². The molecule has 4 heteroatoms. The predicted octanol–water partition coefficient (Wildman–Crippen LogP) is 1.75. The van der Waals surface area contributed by atoms with E-state index in [2.05, 4.69) is 18.6 Å². The molecule has 0 aromatic heterocycles. The zero-order valence-electron chi connectivity index (χ0n) is 9.00. The van der Waals surface area contributed by atoms with Crippen molar-refractivity contribution in [2.24, 2.45) is 5.92 Å². The molecule has 13 heavy (non-hydrogen) atoms. The molecule has 0 heterocycles. The van der Waals surface area contributed by atoms with E-state index in [9.17, 15) is 8.42 Å². The minimum Gasteiger partial charge on any atom is -0.213 e. The highest BCUT2D eigenvalue weighted by molar-refractivity contribution is 7.88. The van der Waals surface area contributed by atoms with Crippen LogP contribution in [0.15, 0.2) is 0 Å². The largest absolute Gasteiger partial charge is 0.213 e. The molecule has 0 spiro atoms. The van der Waals surface area contributed by atoms with Gasteiger partial charge in [-0.2, -0.15) is 0 Å². The molecular formula is C9H21NO2S. The Balaban J connectivity index is 3.58. The fraction of sp³-hybridized carbons (Fsp3) is 1.00. The molecule has 0 aliphatic carbocycles. The molecule has 0 amide bonds. The SMILES string of the molecule is CC(C)CCCC(C)NS(C)(=O)=O. The zero-order chi connectivity index (χ0) is 10.5. The Morgan fingerprint density at radius 3 is 2.08 bits per heavy atom. The second-order valence-corrected chi connectivity index (χ2v) is 5.90. The Bertz CT molecular complexity index is 222. The maximum absolute atomic E-state index is 10.8. The molecule has 3 nitrogen and oxygen atoms in total. The van der Waals surface area contributed by atoms with Gasteiger partial charge >= 0.3 is 0 Å². The van der Waals surface area contributed by atoms with Crippen LogP contribution in [0, 0.1) is 5.92 Å². The first kappa shape index (κ1) is 12.9. The van der Waals surface area contributed by atoms with Crippen molar-refractivity contribution in [3.8, 4) is 0 Å². The lowest BCUT2D eigenvalue weighted by Gasteiger charge is -2.12. The fourth-order valence-electron chi connectivity index (χ4n) is 1.26. The first-order valence-corrected chi connectivity index (χ1v) is 6.67. The lowest BCUT2D eigenvalue weighted by Crippen LogP contribution is -2.31. The van der Waals surface area contributed by atoms with Crippen molar-refractivity contribution in [3.63, 3.8) is 0 Å². The number of hydrogen-bond acceptors (Lipinski definition) is 2. The summed E-state index contributed by atoms with van der Waals surface area (Å²) in [5, 5.41) is 0. The van der Waals surface area contributed by atoms with Gasteiger partial charge in [0.2, 0.25) is 10.0 Å². The van der Waals surface area contributed by atoms with Crippen molar-refractivity contribution < 1.29 is 8.42 Å². The van der Waals surface area contributed by atoms with E-state index in [0.29, 0.717) is 5.92 Å². The van der Waals surface area contributed by atoms with E-state index in [1.807, 2.05) is 6.92 Å². The summed E-state index contributed by atoms with van der Waals surface area (Å²) in [7, 11) is -3.02. The van der Waals surface area contributed by atoms with Crippen LogP contribution in [0.5, 0.6) is 0 Å². The summed E-state index contributed by atoms with van der Waals surface area (Å²) >= 11 is 0. The lowest BCUT2D eigenvalue weighted by molar-refractivity contribution is 0.489. The van der Waals surface area contributed by atoms with Gasteiger partial charge in [-0.25, -0.2) is 13.1 Å². The maximum Gasteiger partial charge on any atom is 0.208 e. The second kappa shape index (κ2) is 5.60. The average molecular weight is 207 g/mol. The van der Waals surface area contributed by atoms with Crippen LogP contribution in [0.25, 0.3) is 0 Å². The standard InChI is InChI=1S/C9H21NO2S/c1-8(2)6-5-7-9(3)10-13(4,11)12/h8-10H,5-7H2,1-4H3. The van der Waals surface area contributed by atoms with Crippen molar-refractivity contribution in [2.75, 3.05) is 6.26 Å². The minimum absolute atomic E-state index is 0.0637. The Labute approximate surface area is 82.0 Å². The van der Waals surface area contributed by atoms with Crippen molar-refractivity contribution >= 4 is 10.0 Å². The first-order valence-electron chi connectivity index (χ1n) is 4.78. The summed E-state index contributed by atoms with van der Waals surface area (Å²) in [6, 6.07) is 0.0637. The van der Waals surface area contributed by atoms with Crippen LogP contribution in [0.3, 0.4) is 0 Å². The second-order valence-electron chi connectivity index (χ2n) is 4.12. The molecule has 0 rings (SSSR count). The monoisotopic (exact) mass is 207 g/mol. The Kier molecular flexibility index (Phi) is 5.56. The highest BCUT2D eigenvalue weighted by atomic mass is 32.2. The van der Waals surface area contributed by atoms with E-state index in [1.54, 1.807) is 0 Å². The molecule has 0 aliphatic rings. The van der Waals surface area contributed by atoms with E-state index in [4.69, 9.17) is 0 Å². The molecular weight excluding hydrogens is 186 g/mol. The highest BCUT2D eigenvalue weighted by Crippen LogP contribution is 2.08. The molecule has 1 unspecified atom stereocenters. The van der Waals surface area contributed by atoms with E-state index < -0.39 is 10.0 Å². The number of hydrogen-bond donors (Lipinski definition) is 1. The molecule has 80 valence electrons. The Hall–Kier alpha value is -0.0900. The van der Waals surface area contributed by atoms with E-state index in [0.717, 1.165) is 19.3 Å². The van der Waals surface area contributed by atoms with Crippen molar-refractivity contribution in [1.82, 2.24) is 4.72 Å². The summed E-state index contributed by atoms with van der Waals surface area (Å²) in [4.78, 5) is 0. The Morgan fingerprint density at radius 2 is 1.69 bits per heavy atom. The third-order valence-corrected chi connectivity index (χ3v) is 2.66. The summed E-state index contributed by atoms with van der Waals surface area (Å²) < 4.78 is 24.2. The van der Waals surface area contributed by atoms with Crippen molar-refractivity contribution in [3.05, 3.63) is 0 Å². The van der Waals surface area contributed by atoms with Gasteiger partial charge in [0.25, 0.3) is 0 Å². The number of sulfonamides is 1. The molecule has 0 radical (unpaired) electrons. The molecule has 0 bridgehead atoms. The van der Waals surface area contributed by atoms with Gasteiger partial charge in [-0.1, -0.05) is 26.7 Å². The number of nitrogens with one attached hydrogen (secondary N) is 1. The molecule has 1 N–H and O–H groups in total. The van der Waals surface area contributed by atoms with Crippen LogP contribution in [-0.2, 0) is 10.0 Å². The van der Waals surface area contributed by atoms with Gasteiger partial charge in [0, 0.05) is 6.04 Å². The lowest BCUT2D eigenvalue weighted by atomic mass is 10.0. The highest BCUT2D eigenvalue weighted by Gasteiger charge is 2.07. The van der Waals surface area contributed by atoms with Crippen LogP contribution < -0.4 is 4.72 Å². The fourth-order valence-corrected chi connectivity index (χ4v) is 2.11. The molecule has 0 aromatic carbocycles. The molecule has 0 saturated carbocycles. The van der Waals surface area contributed by atoms with Crippen LogP contribution in [0.4, 0.5) is 0 Å². The number of rotatable bonds is 6. The summed E-state index contributed by atoms with van der Waals surface area (Å²) in [6.45, 7) is 6.25. The quantitative estimate of drug-likeness (QED) is 0.721. The average Bonchev–Trinajstić information content (AvgIpc) is 1.81. The maximum atomic E-state index is 10.8. The molecule has 0 fully saturated rings. The van der Waals surface area contributed by atoms with Crippen LogP contribution in [-0.4, -0.2) is 20.7 Å². The third-order valence-electron chi connectivity index (χ3n) is 1.83. The van der Waals surface area contributed by atoms with Crippen LogP contribution in [0.2, 0.25) is 0 Å². The van der Waals surface area contributed by atoms with Crippen molar-refractivity contribution in [2.45, 2.75) is 46.1 Å². The van der Waals surface area contributed by atoms with E-state index in [-0.39, 0.29) is 6.04 Å². The minimum atomic E-state index is -3.02. The van der Waals surface area contributed by atoms with Gasteiger partial charge < -0.3 is 0 Å². The molecule has 0 aromatic rings. The van der Waals surface area contributed by atoms with Crippen LogP contribution >= 0.6 is 0 Å². The third kappa shape index (κ3) is 9.83. The van der Waals surface area contributed by atoms with Crippen molar-refractivity contribution in [1.29, 1.82) is 0 Å². The van der Waals surface area contributed by atoms with Crippen LogP contribution in [0.1, 0.15) is 40.0 Å². The van der Waals surface area contributed by atoms with Gasteiger partial charge in [0.1, 0.15) is 0 Å². The van der Waals surface area contributed by atoms with Gasteiger partial charge in [0.05, 0.1) is 6.26 Å². The van der Waals surface area contributed by atoms with Gasteiger partial charge in [-0.3, -0.25) is 0 Å². The smallest absolute Gasteiger partial charge is 0.208 e. The van der Waals surface area contributed by atoms with E-state index in [1.165, 1.54) is 6.26 Å². The first-order chi connectivity index (χ1) is 5.81. The zero-order valence-corrected chi connectivity index (χ0v) is 9.82. The van der Waals surface area contributed by atoms with Gasteiger partial charge in [0.15, 0.2) is 0 Å². The summed E-state index contributed by atoms with van der Waals surface area (Å²) in [6.07, 6.45) is 4.37. The predicted molar refractivity (Wildman–Crippen MR) is 56.1 cm³/mol. The molecule has 1 atom stereocenters. The molecule has 0 saturated heterocycles. The normalized spacial score (nSPS) is 14.8. The molecule has 0 aliphatic heterocycles. The Morgan fingerprint density at radius 1 is 1.15 bits per heavy atom. The summed E-state index contributed by atoms with van der Waals surface area (Å²) in [5.41, 5.74) is 0. The van der Waals surface area contributed by atoms with Gasteiger partial charge in [-0.05, 0) is 19.3 Å². The van der Waals surface area contributed by atoms with E-state index >= 15 is 0 Å². The topological polar surface area (TPSA) is 46.2 Å².